The third kappa shape index (κ3) is 2.35. The van der Waals surface area contributed by atoms with Crippen LogP contribution < -0.4 is 5.89 Å². The van der Waals surface area contributed by atoms with Crippen LogP contribution in [0, 0.1) is 0 Å². The average Bonchev–Trinajstić information content (AvgIpc) is 1.41. The van der Waals surface area contributed by atoms with Gasteiger partial charge in [0.05, 0.1) is 0 Å². The van der Waals surface area contributed by atoms with Gasteiger partial charge in [0.1, 0.15) is 0 Å². The van der Waals surface area contributed by atoms with E-state index < -0.39 is 0 Å². The third-order valence-corrected chi connectivity index (χ3v) is 0.306. The molecule has 0 amide bonds. The van der Waals surface area contributed by atoms with Crippen LogP contribution >= 0.6 is 8.81 Å². The zero-order valence-corrected chi connectivity index (χ0v) is 3.41. The molecule has 0 aliphatic carbocycles. The predicted molar refractivity (Wildman–Crippen MR) is 19.5 cm³/mol. The molecule has 0 aliphatic heterocycles. The van der Waals surface area contributed by atoms with E-state index in [1.807, 2.05) is 6.66 Å². The molecule has 0 aromatic carbocycles. The van der Waals surface area contributed by atoms with E-state index >= 15 is 0 Å². The zero-order valence-electron chi connectivity index (χ0n) is 3.41. The maximum atomic E-state index is 6.14. The first-order chi connectivity index (χ1) is 2.41. The van der Waals surface area contributed by atoms with Gasteiger partial charge in [-0.25, -0.2) is 5.89 Å². The van der Waals surface area contributed by atoms with Crippen molar-refractivity contribution in [1.29, 1.82) is 0 Å². The van der Waals surface area contributed by atoms with E-state index in [1.165, 1.54) is 0 Å². The number of rotatable bonds is 2. The van der Waals surface area contributed by atoms with Gasteiger partial charge in [-0.1, -0.05) is 0 Å². The molecule has 0 spiro atoms. The van der Waals surface area contributed by atoms with E-state index in [0.717, 1.165) is 0 Å². The summed E-state index contributed by atoms with van der Waals surface area (Å²) in [5, 5.41) is 0. The normalized spacial score (nSPS) is 13.8. The van der Waals surface area contributed by atoms with Crippen LogP contribution in [0.15, 0.2) is 0 Å². The van der Waals surface area contributed by atoms with Gasteiger partial charge in [0.15, 0.2) is 1.41 Å². The van der Waals surface area contributed by atoms with Crippen LogP contribution in [0.5, 0.6) is 0 Å². The standard InChI is InChI=1S/CH6NOP/c1-4-3-2/h4H,2H2,1H3/i2T. The Bertz CT molecular complexity index is 19.1. The molecule has 0 rings (SSSR count). The summed E-state index contributed by atoms with van der Waals surface area (Å²) in [6.45, 7) is 1.83. The highest BCUT2D eigenvalue weighted by Gasteiger charge is 1.51. The molecule has 0 saturated carbocycles. The van der Waals surface area contributed by atoms with Crippen molar-refractivity contribution in [1.82, 2.24) is 0 Å². The fourth-order valence-corrected chi connectivity index (χ4v) is 0. The van der Waals surface area contributed by atoms with E-state index in [-0.39, 0.29) is 0 Å². The lowest BCUT2D eigenvalue weighted by molar-refractivity contribution is 0.388. The molecular weight excluding hydrogens is 73.0 g/mol. The highest BCUT2D eigenvalue weighted by Crippen LogP contribution is 1.93. The summed E-state index contributed by atoms with van der Waals surface area (Å²) in [5.41, 5.74) is 0. The van der Waals surface area contributed by atoms with Crippen LogP contribution in [0.2, 0.25) is 1.41 Å². The second-order valence-corrected chi connectivity index (χ2v) is 0.919. The molecule has 0 aliphatic rings. The van der Waals surface area contributed by atoms with E-state index in [0.29, 0.717) is 8.81 Å². The molecule has 0 fully saturated rings. The van der Waals surface area contributed by atoms with Crippen LogP contribution in [0.4, 0.5) is 0 Å². The van der Waals surface area contributed by atoms with Gasteiger partial charge in [-0.05, 0) is 6.66 Å². The second-order valence-electron chi connectivity index (χ2n) is 0.306. The number of hydrogen-bond acceptors (Lipinski definition) is 2. The molecule has 1 atom stereocenters. The van der Waals surface area contributed by atoms with Crippen molar-refractivity contribution in [3.05, 3.63) is 0 Å². The summed E-state index contributed by atoms with van der Waals surface area (Å²) in [5.74, 6) is 1.78. The predicted octanol–water partition coefficient (Wildman–Crippen LogP) is 0.100. The molecule has 26 valence electrons. The minimum Gasteiger partial charge on any atom is -0.286 e. The Balaban J connectivity index is 2.19. The van der Waals surface area contributed by atoms with E-state index in [1.54, 1.807) is 5.89 Å². The number of hydrogen-bond donors (Lipinski definition) is 1. The Morgan fingerprint density at radius 2 is 3.25 bits per heavy atom. The highest BCUT2D eigenvalue weighted by molar-refractivity contribution is 7.31. The lowest BCUT2D eigenvalue weighted by Crippen LogP contribution is -1.81. The van der Waals surface area contributed by atoms with Crippen molar-refractivity contribution in [3.63, 3.8) is 0 Å². The Hall–Kier alpha value is 0.350. The molecule has 0 radical (unpaired) electrons. The van der Waals surface area contributed by atoms with Crippen LogP contribution in [0.25, 0.3) is 0 Å². The third-order valence-electron chi connectivity index (χ3n) is 0.102. The van der Waals surface area contributed by atoms with Crippen molar-refractivity contribution in [3.8, 4) is 0 Å². The smallest absolute Gasteiger partial charge is 0.151 e. The summed E-state index contributed by atoms with van der Waals surface area (Å²) in [7, 11) is 0.359. The SMILES string of the molecule is [3H]NOPC. The summed E-state index contributed by atoms with van der Waals surface area (Å²) in [6, 6.07) is 0. The first kappa shape index (κ1) is 2.58. The van der Waals surface area contributed by atoms with E-state index in [2.05, 4.69) is 4.62 Å². The van der Waals surface area contributed by atoms with Crippen molar-refractivity contribution < 1.29 is 6.04 Å². The van der Waals surface area contributed by atoms with Gasteiger partial charge in [0.2, 0.25) is 0 Å². The lowest BCUT2D eigenvalue weighted by atomic mass is 12.0. The lowest BCUT2D eigenvalue weighted by Gasteiger charge is -1.76. The zero-order chi connectivity index (χ0) is 4.12. The Morgan fingerprint density at radius 3 is 3.25 bits per heavy atom. The molecule has 1 unspecified atom stereocenters. The van der Waals surface area contributed by atoms with E-state index in [4.69, 9.17) is 1.41 Å². The Morgan fingerprint density at radius 1 is 2.50 bits per heavy atom. The fraction of sp³-hybridized carbons (Fsp3) is 1.00. The Labute approximate surface area is 28.6 Å². The minimum absolute atomic E-state index is 0.359. The molecule has 0 bridgehead atoms. The second kappa shape index (κ2) is 3.35. The van der Waals surface area contributed by atoms with Crippen LogP contribution in [0.1, 0.15) is 0 Å². The maximum absolute atomic E-state index is 6.14. The van der Waals surface area contributed by atoms with Gasteiger partial charge in [0.25, 0.3) is 0 Å². The molecule has 0 saturated heterocycles. The monoisotopic (exact) mass is 81.0 g/mol. The van der Waals surface area contributed by atoms with Gasteiger partial charge in [-0.15, -0.1) is 0 Å². The molecular formula is CH6NOP. The molecule has 2 nitrogen and oxygen atoms in total. The first-order valence-corrected chi connectivity index (χ1v) is 2.32. The molecule has 2 N–H and O–H groups in total. The van der Waals surface area contributed by atoms with Crippen molar-refractivity contribution in [2.24, 2.45) is 5.89 Å². The largest absolute Gasteiger partial charge is 0.286 e. The van der Waals surface area contributed by atoms with Gasteiger partial charge in [-0.3, -0.25) is 4.62 Å². The van der Waals surface area contributed by atoms with E-state index in [9.17, 15) is 0 Å². The average molecular weight is 81.0 g/mol. The number of nitrogens with two attached hydrogens (primary N) is 1. The van der Waals surface area contributed by atoms with Crippen molar-refractivity contribution in [2.45, 2.75) is 0 Å². The molecule has 0 heterocycles. The molecule has 0 aromatic heterocycles. The van der Waals surface area contributed by atoms with Crippen molar-refractivity contribution in [2.75, 3.05) is 6.66 Å². The quantitative estimate of drug-likeness (QED) is 0.378. The highest BCUT2D eigenvalue weighted by atomic mass is 31.1. The minimum atomic E-state index is 0.359. The fourth-order valence-electron chi connectivity index (χ4n) is 0. The summed E-state index contributed by atoms with van der Waals surface area (Å²) in [4.78, 5) is 0. The van der Waals surface area contributed by atoms with Crippen LogP contribution in [-0.2, 0) is 4.62 Å². The van der Waals surface area contributed by atoms with Gasteiger partial charge < -0.3 is 0 Å². The van der Waals surface area contributed by atoms with Gasteiger partial charge in [-0.2, -0.15) is 0 Å². The van der Waals surface area contributed by atoms with Crippen LogP contribution in [0.3, 0.4) is 0 Å². The summed E-state index contributed by atoms with van der Waals surface area (Å²) < 4.78 is 10.4. The summed E-state index contributed by atoms with van der Waals surface area (Å²) >= 11 is 0. The van der Waals surface area contributed by atoms with Crippen molar-refractivity contribution >= 4 is 8.81 Å². The van der Waals surface area contributed by atoms with Gasteiger partial charge >= 0.3 is 0 Å². The maximum Gasteiger partial charge on any atom is 0.151 e. The van der Waals surface area contributed by atoms with Gasteiger partial charge in [0, 0.05) is 8.81 Å². The molecule has 0 aromatic rings. The summed E-state index contributed by atoms with van der Waals surface area (Å²) in [6.07, 6.45) is 0. The topological polar surface area (TPSA) is 35.2 Å². The first-order valence-electron chi connectivity index (χ1n) is 1.41. The molecule has 4 heavy (non-hydrogen) atoms. The Kier molecular flexibility index (Phi) is 2.16. The van der Waals surface area contributed by atoms with Crippen LogP contribution in [-0.4, -0.2) is 6.66 Å². The molecule has 3 heteroatoms.